The number of hydrogen-bond acceptors (Lipinski definition) is 3. The number of hydrogen-bond donors (Lipinski definition) is 2. The highest BCUT2D eigenvalue weighted by Crippen LogP contribution is 2.44. The number of benzene rings is 1. The number of carbonyl (C=O) groups is 1. The molecule has 4 nitrogen and oxygen atoms in total. The van der Waals surface area contributed by atoms with Crippen molar-refractivity contribution in [2.45, 2.75) is 19.3 Å². The summed E-state index contributed by atoms with van der Waals surface area (Å²) in [5.41, 5.74) is -0.0489. The largest absolute Gasteiger partial charge is 0.493 e. The first-order valence-electron chi connectivity index (χ1n) is 6.39. The van der Waals surface area contributed by atoms with E-state index in [1.54, 1.807) is 24.3 Å². The molecule has 1 aliphatic carbocycles. The van der Waals surface area contributed by atoms with Crippen molar-refractivity contribution in [3.63, 3.8) is 0 Å². The van der Waals surface area contributed by atoms with Gasteiger partial charge in [-0.1, -0.05) is 11.6 Å². The third kappa shape index (κ3) is 4.40. The minimum atomic E-state index is -0.0489. The first kappa shape index (κ1) is 14.2. The van der Waals surface area contributed by atoms with Gasteiger partial charge in [0.15, 0.2) is 0 Å². The molecule has 0 aliphatic heterocycles. The molecule has 0 heterocycles. The zero-order valence-corrected chi connectivity index (χ0v) is 11.4. The summed E-state index contributed by atoms with van der Waals surface area (Å²) >= 11 is 5.76. The number of aliphatic hydroxyl groups excluding tert-OH is 1. The maximum Gasteiger partial charge on any atom is 0.223 e. The molecule has 1 amide bonds. The van der Waals surface area contributed by atoms with E-state index in [2.05, 4.69) is 5.32 Å². The Bertz CT molecular complexity index is 429. The SMILES string of the molecule is O=C(CCOc1ccc(Cl)cc1)NCC1(CO)CC1. The summed E-state index contributed by atoms with van der Waals surface area (Å²) in [6.45, 7) is 1.04. The monoisotopic (exact) mass is 283 g/mol. The molecule has 104 valence electrons. The summed E-state index contributed by atoms with van der Waals surface area (Å²) < 4.78 is 5.44. The highest BCUT2D eigenvalue weighted by Gasteiger charge is 2.41. The van der Waals surface area contributed by atoms with Crippen LogP contribution >= 0.6 is 11.6 Å². The highest BCUT2D eigenvalue weighted by atomic mass is 35.5. The maximum absolute atomic E-state index is 11.6. The number of halogens is 1. The van der Waals surface area contributed by atoms with Gasteiger partial charge in [0.25, 0.3) is 0 Å². The molecule has 19 heavy (non-hydrogen) atoms. The van der Waals surface area contributed by atoms with E-state index >= 15 is 0 Å². The number of aliphatic hydroxyl groups is 1. The first-order chi connectivity index (χ1) is 9.13. The predicted octanol–water partition coefficient (Wildman–Crippen LogP) is 2.00. The second-order valence-electron chi connectivity index (χ2n) is 4.99. The summed E-state index contributed by atoms with van der Waals surface area (Å²) in [6, 6.07) is 7.03. The topological polar surface area (TPSA) is 58.6 Å². The Morgan fingerprint density at radius 2 is 2.05 bits per heavy atom. The fourth-order valence-corrected chi connectivity index (χ4v) is 1.86. The van der Waals surface area contributed by atoms with Gasteiger partial charge in [0, 0.05) is 17.0 Å². The van der Waals surface area contributed by atoms with E-state index in [1.165, 1.54) is 0 Å². The number of ether oxygens (including phenoxy) is 1. The van der Waals surface area contributed by atoms with Crippen molar-refractivity contribution in [3.05, 3.63) is 29.3 Å². The molecular formula is C14H18ClNO3. The minimum absolute atomic E-state index is 0.0475. The van der Waals surface area contributed by atoms with Gasteiger partial charge in [0.1, 0.15) is 5.75 Å². The molecule has 0 unspecified atom stereocenters. The van der Waals surface area contributed by atoms with E-state index in [1.807, 2.05) is 0 Å². The van der Waals surface area contributed by atoms with Gasteiger partial charge in [-0.25, -0.2) is 0 Å². The van der Waals surface area contributed by atoms with Crippen LogP contribution in [-0.2, 0) is 4.79 Å². The van der Waals surface area contributed by atoms with Gasteiger partial charge in [-0.2, -0.15) is 0 Å². The Balaban J connectivity index is 1.62. The molecule has 0 bridgehead atoms. The van der Waals surface area contributed by atoms with Crippen LogP contribution in [0.2, 0.25) is 5.02 Å². The lowest BCUT2D eigenvalue weighted by atomic mass is 10.1. The van der Waals surface area contributed by atoms with Crippen LogP contribution in [0.15, 0.2) is 24.3 Å². The molecule has 0 aromatic heterocycles. The Labute approximate surface area is 117 Å². The van der Waals surface area contributed by atoms with Crippen molar-refractivity contribution in [2.75, 3.05) is 19.8 Å². The highest BCUT2D eigenvalue weighted by molar-refractivity contribution is 6.30. The molecule has 1 aromatic carbocycles. The normalized spacial score (nSPS) is 15.9. The van der Waals surface area contributed by atoms with Gasteiger partial charge in [0.2, 0.25) is 5.91 Å². The van der Waals surface area contributed by atoms with Gasteiger partial charge in [-0.15, -0.1) is 0 Å². The zero-order valence-electron chi connectivity index (χ0n) is 10.7. The van der Waals surface area contributed by atoms with Crippen LogP contribution in [-0.4, -0.2) is 30.8 Å². The van der Waals surface area contributed by atoms with Crippen molar-refractivity contribution in [1.29, 1.82) is 0 Å². The van der Waals surface area contributed by atoms with Crippen LogP contribution in [0.5, 0.6) is 5.75 Å². The van der Waals surface area contributed by atoms with Crippen LogP contribution in [0.1, 0.15) is 19.3 Å². The third-order valence-electron chi connectivity index (χ3n) is 3.36. The van der Waals surface area contributed by atoms with E-state index in [0.29, 0.717) is 30.3 Å². The van der Waals surface area contributed by atoms with Crippen molar-refractivity contribution >= 4 is 17.5 Å². The lowest BCUT2D eigenvalue weighted by molar-refractivity contribution is -0.121. The molecule has 0 atom stereocenters. The second-order valence-corrected chi connectivity index (χ2v) is 5.42. The number of rotatable bonds is 7. The molecule has 1 fully saturated rings. The number of nitrogens with one attached hydrogen (secondary N) is 1. The number of amides is 1. The van der Waals surface area contributed by atoms with Gasteiger partial charge < -0.3 is 15.2 Å². The maximum atomic E-state index is 11.6. The van der Waals surface area contributed by atoms with Crippen molar-refractivity contribution in [2.24, 2.45) is 5.41 Å². The van der Waals surface area contributed by atoms with E-state index in [9.17, 15) is 4.79 Å². The van der Waals surface area contributed by atoms with Crippen LogP contribution in [0.4, 0.5) is 0 Å². The smallest absolute Gasteiger partial charge is 0.223 e. The Morgan fingerprint density at radius 3 is 2.63 bits per heavy atom. The van der Waals surface area contributed by atoms with Crippen LogP contribution in [0.25, 0.3) is 0 Å². The van der Waals surface area contributed by atoms with Crippen molar-refractivity contribution in [1.82, 2.24) is 5.32 Å². The molecule has 0 spiro atoms. The molecule has 5 heteroatoms. The molecule has 2 N–H and O–H groups in total. The molecule has 1 aromatic rings. The fraction of sp³-hybridized carbons (Fsp3) is 0.500. The van der Waals surface area contributed by atoms with Gasteiger partial charge in [0.05, 0.1) is 19.6 Å². The standard InChI is InChI=1S/C14H18ClNO3/c15-11-1-3-12(4-2-11)19-8-5-13(18)16-9-14(10-17)6-7-14/h1-4,17H,5-10H2,(H,16,18). The van der Waals surface area contributed by atoms with Crippen LogP contribution in [0.3, 0.4) is 0 Å². The molecule has 0 saturated heterocycles. The molecular weight excluding hydrogens is 266 g/mol. The fourth-order valence-electron chi connectivity index (χ4n) is 1.73. The summed E-state index contributed by atoms with van der Waals surface area (Å²) in [7, 11) is 0. The lowest BCUT2D eigenvalue weighted by Gasteiger charge is -2.12. The summed E-state index contributed by atoms with van der Waals surface area (Å²) in [5.74, 6) is 0.653. The Kier molecular flexibility index (Phi) is 4.66. The quantitative estimate of drug-likeness (QED) is 0.805. The summed E-state index contributed by atoms with van der Waals surface area (Å²) in [5, 5.41) is 12.6. The molecule has 1 saturated carbocycles. The third-order valence-corrected chi connectivity index (χ3v) is 3.62. The Morgan fingerprint density at radius 1 is 1.37 bits per heavy atom. The van der Waals surface area contributed by atoms with E-state index in [4.69, 9.17) is 21.4 Å². The molecule has 0 radical (unpaired) electrons. The number of carbonyl (C=O) groups excluding carboxylic acids is 1. The lowest BCUT2D eigenvalue weighted by Crippen LogP contribution is -2.32. The molecule has 2 rings (SSSR count). The van der Waals surface area contributed by atoms with E-state index in [-0.39, 0.29) is 17.9 Å². The van der Waals surface area contributed by atoms with Gasteiger partial charge >= 0.3 is 0 Å². The van der Waals surface area contributed by atoms with Crippen LogP contribution in [0, 0.1) is 5.41 Å². The predicted molar refractivity (Wildman–Crippen MR) is 73.3 cm³/mol. The molecule has 1 aliphatic rings. The second kappa shape index (κ2) is 6.26. The van der Waals surface area contributed by atoms with Gasteiger partial charge in [-0.05, 0) is 37.1 Å². The summed E-state index contributed by atoms with van der Waals surface area (Å²) in [6.07, 6.45) is 2.29. The Hall–Kier alpha value is -1.26. The average molecular weight is 284 g/mol. The van der Waals surface area contributed by atoms with E-state index in [0.717, 1.165) is 12.8 Å². The zero-order chi connectivity index (χ0) is 13.7. The first-order valence-corrected chi connectivity index (χ1v) is 6.77. The summed E-state index contributed by atoms with van der Waals surface area (Å²) in [4.78, 5) is 11.6. The average Bonchev–Trinajstić information content (AvgIpc) is 3.19. The van der Waals surface area contributed by atoms with Crippen LogP contribution < -0.4 is 10.1 Å². The van der Waals surface area contributed by atoms with Crippen molar-refractivity contribution < 1.29 is 14.6 Å². The van der Waals surface area contributed by atoms with E-state index < -0.39 is 0 Å². The van der Waals surface area contributed by atoms with Crippen molar-refractivity contribution in [3.8, 4) is 5.75 Å². The van der Waals surface area contributed by atoms with Gasteiger partial charge in [-0.3, -0.25) is 4.79 Å². The minimum Gasteiger partial charge on any atom is -0.493 e.